The Morgan fingerprint density at radius 1 is 1.21 bits per heavy atom. The third kappa shape index (κ3) is 2.98. The molecule has 2 aromatic carbocycles. The van der Waals surface area contributed by atoms with E-state index >= 15 is 4.39 Å². The summed E-state index contributed by atoms with van der Waals surface area (Å²) in [6, 6.07) is 4.33. The smallest absolute Gasteiger partial charge is 0.245 e. The molecule has 0 atom stereocenters. The highest BCUT2D eigenvalue weighted by molar-refractivity contribution is 7.22. The molecule has 0 radical (unpaired) electrons. The number of nitrogens with zero attached hydrogens (tertiary/aromatic N) is 5. The van der Waals surface area contributed by atoms with E-state index in [0.29, 0.717) is 42.9 Å². The van der Waals surface area contributed by atoms with Crippen LogP contribution in [0.15, 0.2) is 37.2 Å². The first-order valence-corrected chi connectivity index (χ1v) is 11.6. The van der Waals surface area contributed by atoms with Gasteiger partial charge in [-0.15, -0.1) is 0 Å². The highest BCUT2D eigenvalue weighted by atomic mass is 35.5. The molecule has 2 aromatic heterocycles. The minimum atomic E-state index is -0.632. The van der Waals surface area contributed by atoms with E-state index in [-0.39, 0.29) is 42.8 Å². The zero-order valence-corrected chi connectivity index (χ0v) is 19.3. The summed E-state index contributed by atoms with van der Waals surface area (Å²) in [4.78, 5) is 28.3. The number of amides is 1. The lowest BCUT2D eigenvalue weighted by molar-refractivity contribution is -0.139. The second kappa shape index (κ2) is 7.31. The van der Waals surface area contributed by atoms with Crippen molar-refractivity contribution in [3.63, 3.8) is 0 Å². The lowest BCUT2D eigenvalue weighted by Gasteiger charge is -2.60. The van der Waals surface area contributed by atoms with Gasteiger partial charge in [-0.05, 0) is 24.3 Å². The molecule has 1 amide bonds. The summed E-state index contributed by atoms with van der Waals surface area (Å²) in [5.41, 5.74) is 6.60. The highest BCUT2D eigenvalue weighted by Crippen LogP contribution is 2.45. The second-order valence-corrected chi connectivity index (χ2v) is 10.2. The number of likely N-dealkylation sites (tertiary alicyclic amines) is 1. The van der Waals surface area contributed by atoms with Crippen LogP contribution in [0.3, 0.4) is 0 Å². The van der Waals surface area contributed by atoms with Crippen LogP contribution in [0.4, 0.5) is 19.7 Å². The van der Waals surface area contributed by atoms with Gasteiger partial charge in [-0.25, -0.2) is 23.7 Å². The van der Waals surface area contributed by atoms with Gasteiger partial charge in [-0.2, -0.15) is 0 Å². The number of aromatic nitrogens is 3. The predicted octanol–water partition coefficient (Wildman–Crippen LogP) is 4.25. The topological polar surface area (TPSA) is 88.2 Å². The van der Waals surface area contributed by atoms with Crippen LogP contribution in [0.2, 0.25) is 5.02 Å². The lowest BCUT2D eigenvalue weighted by atomic mass is 9.72. The van der Waals surface area contributed by atoms with Gasteiger partial charge >= 0.3 is 0 Å². The van der Waals surface area contributed by atoms with Crippen LogP contribution in [0.1, 0.15) is 0 Å². The number of thiazole rings is 1. The standard InChI is InChI=1S/C23H17ClF2N6OS/c1-2-15(33)31-6-23(7-31)8-32(9-23)21-12-5-13(24)16(17(26)18(12)28-10-29-21)11-3-4-14(25)20-19(11)30-22(27)34-20/h2-5,10H,1,6-9H2,(H2,27,30). The molecule has 0 saturated carbocycles. The highest BCUT2D eigenvalue weighted by Gasteiger charge is 2.53. The zero-order chi connectivity index (χ0) is 23.8. The molecule has 2 saturated heterocycles. The second-order valence-electron chi connectivity index (χ2n) is 8.72. The fourth-order valence-corrected chi connectivity index (χ4v) is 6.03. The predicted molar refractivity (Wildman–Crippen MR) is 129 cm³/mol. The summed E-state index contributed by atoms with van der Waals surface area (Å²) < 4.78 is 30.3. The molecule has 2 N–H and O–H groups in total. The Labute approximate surface area is 201 Å². The molecule has 0 bridgehead atoms. The number of nitrogen functional groups attached to an aromatic ring is 1. The van der Waals surface area contributed by atoms with E-state index in [9.17, 15) is 9.18 Å². The van der Waals surface area contributed by atoms with Crippen molar-refractivity contribution in [1.82, 2.24) is 19.9 Å². The number of hydrogen-bond acceptors (Lipinski definition) is 7. The number of fused-ring (bicyclic) bond motifs is 2. The fraction of sp³-hybridized carbons (Fsp3) is 0.217. The number of hydrogen-bond donors (Lipinski definition) is 1. The molecule has 34 heavy (non-hydrogen) atoms. The molecule has 0 aliphatic carbocycles. The van der Waals surface area contributed by atoms with Gasteiger partial charge in [0.2, 0.25) is 5.91 Å². The van der Waals surface area contributed by atoms with E-state index in [4.69, 9.17) is 17.3 Å². The summed E-state index contributed by atoms with van der Waals surface area (Å²) in [6.07, 6.45) is 2.64. The SMILES string of the molecule is C=CC(=O)N1CC2(C1)CN(c1ncnc3c(F)c(-c4ccc(F)c5sc(N)nc45)c(Cl)cc13)C2. The summed E-state index contributed by atoms with van der Waals surface area (Å²) in [6.45, 7) is 6.23. The number of carbonyl (C=O) groups is 1. The van der Waals surface area contributed by atoms with E-state index in [0.717, 1.165) is 11.3 Å². The summed E-state index contributed by atoms with van der Waals surface area (Å²) in [7, 11) is 0. The largest absolute Gasteiger partial charge is 0.375 e. The van der Waals surface area contributed by atoms with Crippen molar-refractivity contribution in [3.05, 3.63) is 53.8 Å². The number of anilines is 2. The average molecular weight is 499 g/mol. The van der Waals surface area contributed by atoms with Crippen molar-refractivity contribution in [1.29, 1.82) is 0 Å². The van der Waals surface area contributed by atoms with Crippen molar-refractivity contribution >= 4 is 60.9 Å². The minimum absolute atomic E-state index is 0.0164. The maximum atomic E-state index is 15.8. The molecule has 2 fully saturated rings. The minimum Gasteiger partial charge on any atom is -0.375 e. The molecule has 6 rings (SSSR count). The maximum Gasteiger partial charge on any atom is 0.245 e. The zero-order valence-electron chi connectivity index (χ0n) is 17.7. The molecule has 0 unspecified atom stereocenters. The molecule has 11 heteroatoms. The summed E-state index contributed by atoms with van der Waals surface area (Å²) in [5, 5.41) is 0.805. The number of halogens is 3. The Balaban J connectivity index is 1.39. The van der Waals surface area contributed by atoms with Gasteiger partial charge in [0.25, 0.3) is 0 Å². The van der Waals surface area contributed by atoms with Crippen LogP contribution >= 0.6 is 22.9 Å². The molecule has 1 spiro atoms. The van der Waals surface area contributed by atoms with Gasteiger partial charge in [-0.1, -0.05) is 29.5 Å². The number of benzene rings is 2. The van der Waals surface area contributed by atoms with Gasteiger partial charge in [0.15, 0.2) is 10.9 Å². The van der Waals surface area contributed by atoms with Crippen molar-refractivity contribution < 1.29 is 13.6 Å². The molecule has 2 aliphatic heterocycles. The molecule has 7 nitrogen and oxygen atoms in total. The summed E-state index contributed by atoms with van der Waals surface area (Å²) >= 11 is 7.57. The van der Waals surface area contributed by atoms with E-state index in [1.54, 1.807) is 11.0 Å². The first-order chi connectivity index (χ1) is 16.3. The summed E-state index contributed by atoms with van der Waals surface area (Å²) in [5.74, 6) is -0.605. The van der Waals surface area contributed by atoms with E-state index in [1.807, 2.05) is 4.90 Å². The Morgan fingerprint density at radius 2 is 1.97 bits per heavy atom. The third-order valence-electron chi connectivity index (χ3n) is 6.47. The van der Waals surface area contributed by atoms with Crippen LogP contribution in [-0.2, 0) is 4.79 Å². The first kappa shape index (κ1) is 21.2. The molecule has 4 heterocycles. The van der Waals surface area contributed by atoms with Gasteiger partial charge in [-0.3, -0.25) is 4.79 Å². The van der Waals surface area contributed by atoms with Gasteiger partial charge in [0, 0.05) is 48.1 Å². The average Bonchev–Trinajstić information content (AvgIpc) is 3.16. The van der Waals surface area contributed by atoms with Gasteiger partial charge in [0.1, 0.15) is 23.5 Å². The number of rotatable bonds is 3. The van der Waals surface area contributed by atoms with Crippen molar-refractivity contribution in [2.75, 3.05) is 36.8 Å². The van der Waals surface area contributed by atoms with Crippen LogP contribution in [-0.4, -0.2) is 51.9 Å². The van der Waals surface area contributed by atoms with Gasteiger partial charge < -0.3 is 15.5 Å². The van der Waals surface area contributed by atoms with Crippen molar-refractivity contribution in [2.45, 2.75) is 0 Å². The monoisotopic (exact) mass is 498 g/mol. The Bertz CT molecular complexity index is 1530. The quantitative estimate of drug-likeness (QED) is 0.425. The Hall–Kier alpha value is -3.37. The van der Waals surface area contributed by atoms with E-state index < -0.39 is 11.6 Å². The molecule has 172 valence electrons. The molecular weight excluding hydrogens is 482 g/mol. The van der Waals surface area contributed by atoms with Crippen LogP contribution in [0.25, 0.3) is 32.2 Å². The van der Waals surface area contributed by atoms with Crippen LogP contribution < -0.4 is 10.6 Å². The lowest BCUT2D eigenvalue weighted by Crippen LogP contribution is -2.73. The number of carbonyl (C=O) groups excluding carboxylic acids is 1. The maximum absolute atomic E-state index is 15.8. The molecule has 4 aromatic rings. The Morgan fingerprint density at radius 3 is 2.71 bits per heavy atom. The third-order valence-corrected chi connectivity index (χ3v) is 7.66. The molecule has 2 aliphatic rings. The van der Waals surface area contributed by atoms with Gasteiger partial charge in [0.05, 0.1) is 15.2 Å². The fourth-order valence-electron chi connectivity index (χ4n) is 4.97. The van der Waals surface area contributed by atoms with Crippen LogP contribution in [0, 0.1) is 17.0 Å². The van der Waals surface area contributed by atoms with Crippen molar-refractivity contribution in [3.8, 4) is 11.1 Å². The number of nitrogens with two attached hydrogens (primary N) is 1. The normalized spacial score (nSPS) is 16.7. The van der Waals surface area contributed by atoms with E-state index in [2.05, 4.69) is 21.5 Å². The Kier molecular flexibility index (Phi) is 4.56. The molecular formula is C23H17ClF2N6OS. The van der Waals surface area contributed by atoms with Crippen molar-refractivity contribution in [2.24, 2.45) is 5.41 Å². The van der Waals surface area contributed by atoms with Crippen LogP contribution in [0.5, 0.6) is 0 Å². The van der Waals surface area contributed by atoms with E-state index in [1.165, 1.54) is 24.5 Å². The first-order valence-electron chi connectivity index (χ1n) is 10.4.